The van der Waals surface area contributed by atoms with Crippen LogP contribution in [-0.2, 0) is 16.0 Å². The van der Waals surface area contributed by atoms with Gasteiger partial charge in [-0.25, -0.2) is 0 Å². The maximum absolute atomic E-state index is 13.2. The summed E-state index contributed by atoms with van der Waals surface area (Å²) in [6.07, 6.45) is 8.34. The van der Waals surface area contributed by atoms with E-state index in [1.165, 1.54) is 0 Å². The fraction of sp³-hybridized carbons (Fsp3) is 0.480. The molecule has 2 fully saturated rings. The van der Waals surface area contributed by atoms with Crippen molar-refractivity contribution in [3.8, 4) is 11.5 Å². The van der Waals surface area contributed by atoms with Gasteiger partial charge >= 0.3 is 0 Å². The van der Waals surface area contributed by atoms with E-state index in [2.05, 4.69) is 6.58 Å². The van der Waals surface area contributed by atoms with Gasteiger partial charge in [-0.2, -0.15) is 0 Å². The zero-order valence-electron chi connectivity index (χ0n) is 17.1. The molecule has 1 heterocycles. The number of hydrogen-bond acceptors (Lipinski definition) is 5. The number of ether oxygens (including phenoxy) is 2. The summed E-state index contributed by atoms with van der Waals surface area (Å²) in [5, 5.41) is 0. The molecule has 0 N–H and O–H groups in total. The van der Waals surface area contributed by atoms with E-state index in [0.717, 1.165) is 18.4 Å². The summed E-state index contributed by atoms with van der Waals surface area (Å²) in [6, 6.07) is 3.67. The predicted octanol–water partition coefficient (Wildman–Crippen LogP) is 4.18. The minimum absolute atomic E-state index is 0.0401. The summed E-state index contributed by atoms with van der Waals surface area (Å²) in [4.78, 5) is 37.2. The minimum Gasteiger partial charge on any atom is -0.485 e. The van der Waals surface area contributed by atoms with E-state index in [4.69, 9.17) is 9.47 Å². The van der Waals surface area contributed by atoms with Gasteiger partial charge in [-0.1, -0.05) is 12.2 Å². The normalized spacial score (nSPS) is 30.3. The van der Waals surface area contributed by atoms with Crippen LogP contribution >= 0.6 is 0 Å². The summed E-state index contributed by atoms with van der Waals surface area (Å²) >= 11 is 0. The van der Waals surface area contributed by atoms with Crippen LogP contribution < -0.4 is 9.47 Å². The van der Waals surface area contributed by atoms with Crippen LogP contribution in [0.5, 0.6) is 11.5 Å². The molecule has 5 nitrogen and oxygen atoms in total. The van der Waals surface area contributed by atoms with Gasteiger partial charge < -0.3 is 9.47 Å². The molecule has 0 saturated heterocycles. The third-order valence-electron chi connectivity index (χ3n) is 7.06. The Balaban J connectivity index is 1.34. The first kappa shape index (κ1) is 19.3. The molecule has 156 valence electrons. The molecule has 5 heteroatoms. The quantitative estimate of drug-likeness (QED) is 0.556. The number of ketones is 3. The first-order valence-electron chi connectivity index (χ1n) is 10.9. The molecule has 0 aromatic heterocycles. The Bertz CT molecular complexity index is 979. The number of hydrogen-bond donors (Lipinski definition) is 0. The second-order valence-corrected chi connectivity index (χ2v) is 9.10. The Morgan fingerprint density at radius 1 is 1.13 bits per heavy atom. The number of allylic oxidation sites excluding steroid dienone is 3. The van der Waals surface area contributed by atoms with Crippen molar-refractivity contribution in [3.63, 3.8) is 0 Å². The zero-order valence-corrected chi connectivity index (χ0v) is 17.1. The van der Waals surface area contributed by atoms with Crippen LogP contribution in [0.15, 0.2) is 36.4 Å². The van der Waals surface area contributed by atoms with E-state index in [1.807, 2.05) is 24.3 Å². The number of Topliss-reactive ketones (excluding diaryl/α,β-unsaturated/α-hetero) is 3. The highest BCUT2D eigenvalue weighted by atomic mass is 16.6. The Morgan fingerprint density at radius 3 is 2.77 bits per heavy atom. The number of carbonyl (C=O) groups is 3. The second-order valence-electron chi connectivity index (χ2n) is 9.10. The molecule has 0 amide bonds. The maximum atomic E-state index is 13.2. The highest BCUT2D eigenvalue weighted by molar-refractivity contribution is 6.11. The molecule has 30 heavy (non-hydrogen) atoms. The SMILES string of the molecule is C=CC1CC2(COc3c(ccc4c3CC=C(CC3CCC(=O)CCC3=O)C4=O)O2)C1. The van der Waals surface area contributed by atoms with E-state index in [9.17, 15) is 14.4 Å². The van der Waals surface area contributed by atoms with Gasteiger partial charge in [-0.15, -0.1) is 6.58 Å². The van der Waals surface area contributed by atoms with E-state index in [-0.39, 0.29) is 28.9 Å². The van der Waals surface area contributed by atoms with Crippen LogP contribution in [0.1, 0.15) is 60.9 Å². The number of benzene rings is 1. The van der Waals surface area contributed by atoms with Gasteiger partial charge in [-0.05, 0) is 55.7 Å². The van der Waals surface area contributed by atoms with E-state index >= 15 is 0 Å². The molecule has 1 spiro atoms. The number of fused-ring (bicyclic) bond motifs is 3. The minimum atomic E-state index is -0.267. The van der Waals surface area contributed by atoms with Crippen LogP contribution in [0.3, 0.4) is 0 Å². The standard InChI is InChI=1S/C25H26O5/c1-2-15-12-25(13-15)14-29-24-20-7-4-17(23(28)19(20)8-10-22(24)30-25)11-16-3-5-18(26)6-9-21(16)27/h2,4,8,10,15-16H,1,3,5-7,9,11-14H2. The fourth-order valence-electron chi connectivity index (χ4n) is 5.23. The summed E-state index contributed by atoms with van der Waals surface area (Å²) < 4.78 is 12.4. The number of rotatable bonds is 3. The number of carbonyl (C=O) groups excluding carboxylic acids is 3. The molecular weight excluding hydrogens is 380 g/mol. The lowest BCUT2D eigenvalue weighted by Crippen LogP contribution is -2.54. The van der Waals surface area contributed by atoms with Crippen molar-refractivity contribution in [2.75, 3.05) is 6.61 Å². The molecule has 1 atom stereocenters. The van der Waals surface area contributed by atoms with Crippen LogP contribution in [-0.4, -0.2) is 29.6 Å². The van der Waals surface area contributed by atoms with Gasteiger partial charge in [0.05, 0.1) is 0 Å². The lowest BCUT2D eigenvalue weighted by atomic mass is 9.71. The van der Waals surface area contributed by atoms with Crippen molar-refractivity contribution >= 4 is 17.3 Å². The van der Waals surface area contributed by atoms with Crippen LogP contribution in [0.2, 0.25) is 0 Å². The predicted molar refractivity (Wildman–Crippen MR) is 111 cm³/mol. The summed E-state index contributed by atoms with van der Waals surface area (Å²) in [5.74, 6) is 1.84. The second kappa shape index (κ2) is 7.22. The smallest absolute Gasteiger partial charge is 0.189 e. The van der Waals surface area contributed by atoms with E-state index in [0.29, 0.717) is 73.7 Å². The van der Waals surface area contributed by atoms with Crippen molar-refractivity contribution in [1.82, 2.24) is 0 Å². The van der Waals surface area contributed by atoms with Crippen LogP contribution in [0.4, 0.5) is 0 Å². The van der Waals surface area contributed by atoms with Crippen LogP contribution in [0, 0.1) is 11.8 Å². The Labute approximate surface area is 176 Å². The molecule has 1 aliphatic heterocycles. The van der Waals surface area contributed by atoms with Gasteiger partial charge in [0.25, 0.3) is 0 Å². The molecule has 1 aromatic rings. The largest absolute Gasteiger partial charge is 0.485 e. The van der Waals surface area contributed by atoms with Gasteiger partial charge in [-0.3, -0.25) is 14.4 Å². The van der Waals surface area contributed by atoms with Gasteiger partial charge in [0.2, 0.25) is 0 Å². The van der Waals surface area contributed by atoms with Crippen molar-refractivity contribution in [2.24, 2.45) is 11.8 Å². The third kappa shape index (κ3) is 3.21. The van der Waals surface area contributed by atoms with Crippen molar-refractivity contribution in [3.05, 3.63) is 47.6 Å². The van der Waals surface area contributed by atoms with E-state index < -0.39 is 0 Å². The summed E-state index contributed by atoms with van der Waals surface area (Å²) in [6.45, 7) is 4.35. The maximum Gasteiger partial charge on any atom is 0.189 e. The molecule has 1 aromatic carbocycles. The van der Waals surface area contributed by atoms with Gasteiger partial charge in [0.15, 0.2) is 17.3 Å². The highest BCUT2D eigenvalue weighted by Gasteiger charge is 2.49. The lowest BCUT2D eigenvalue weighted by molar-refractivity contribution is -0.124. The summed E-state index contributed by atoms with van der Waals surface area (Å²) in [7, 11) is 0. The molecule has 0 bridgehead atoms. The Hall–Kier alpha value is -2.69. The highest BCUT2D eigenvalue weighted by Crippen LogP contribution is 2.49. The average Bonchev–Trinajstić information content (AvgIpc) is 2.88. The topological polar surface area (TPSA) is 69.7 Å². The first-order chi connectivity index (χ1) is 14.5. The summed E-state index contributed by atoms with van der Waals surface area (Å²) in [5.41, 5.74) is 1.92. The van der Waals surface area contributed by atoms with Crippen molar-refractivity contribution < 1.29 is 23.9 Å². The first-order valence-corrected chi connectivity index (χ1v) is 10.9. The third-order valence-corrected chi connectivity index (χ3v) is 7.06. The molecule has 3 aliphatic carbocycles. The molecule has 2 saturated carbocycles. The average molecular weight is 406 g/mol. The Kier molecular flexibility index (Phi) is 4.64. The van der Waals surface area contributed by atoms with Gasteiger partial charge in [0, 0.05) is 36.3 Å². The molecular formula is C25H26O5. The van der Waals surface area contributed by atoms with Gasteiger partial charge in [0.1, 0.15) is 23.8 Å². The Morgan fingerprint density at radius 2 is 1.97 bits per heavy atom. The lowest BCUT2D eigenvalue weighted by Gasteiger charge is -2.48. The molecule has 5 rings (SSSR count). The molecule has 1 unspecified atom stereocenters. The monoisotopic (exact) mass is 406 g/mol. The zero-order chi connectivity index (χ0) is 20.9. The van der Waals surface area contributed by atoms with Crippen molar-refractivity contribution in [1.29, 1.82) is 0 Å². The fourth-order valence-corrected chi connectivity index (χ4v) is 5.23. The molecule has 4 aliphatic rings. The van der Waals surface area contributed by atoms with E-state index in [1.54, 1.807) is 0 Å². The van der Waals surface area contributed by atoms with Crippen LogP contribution in [0.25, 0.3) is 0 Å². The molecule has 0 radical (unpaired) electrons. The van der Waals surface area contributed by atoms with Crippen molar-refractivity contribution in [2.45, 2.75) is 57.0 Å².